The molecule has 136 valence electrons. The van der Waals surface area contributed by atoms with Gasteiger partial charge in [-0.1, -0.05) is 49.4 Å². The molecule has 2 heterocycles. The van der Waals surface area contributed by atoms with Crippen LogP contribution in [0.25, 0.3) is 16.2 Å². The van der Waals surface area contributed by atoms with Gasteiger partial charge in [0.25, 0.3) is 0 Å². The zero-order valence-electron chi connectivity index (χ0n) is 15.3. The molecule has 0 saturated heterocycles. The van der Waals surface area contributed by atoms with Crippen molar-refractivity contribution in [1.82, 2.24) is 9.38 Å². The molecule has 4 aromatic rings. The van der Waals surface area contributed by atoms with Crippen LogP contribution in [0.2, 0.25) is 0 Å². The molecule has 0 aliphatic carbocycles. The second kappa shape index (κ2) is 7.37. The Balaban J connectivity index is 1.58. The third-order valence-corrected chi connectivity index (χ3v) is 5.70. The highest BCUT2D eigenvalue weighted by molar-refractivity contribution is 7.15. The van der Waals surface area contributed by atoms with Crippen LogP contribution in [0.1, 0.15) is 30.5 Å². The van der Waals surface area contributed by atoms with Gasteiger partial charge < -0.3 is 5.32 Å². The molecule has 2 aromatic heterocycles. The summed E-state index contributed by atoms with van der Waals surface area (Å²) in [5.74, 6) is -0.141. The van der Waals surface area contributed by atoms with Crippen molar-refractivity contribution in [2.75, 3.05) is 5.32 Å². The lowest BCUT2D eigenvalue weighted by Crippen LogP contribution is -2.20. The summed E-state index contributed by atoms with van der Waals surface area (Å²) < 4.78 is 2.09. The first-order chi connectivity index (χ1) is 13.2. The van der Waals surface area contributed by atoms with Gasteiger partial charge in [0, 0.05) is 28.5 Å². The largest absolute Gasteiger partial charge is 0.326 e. The van der Waals surface area contributed by atoms with Gasteiger partial charge in [-0.3, -0.25) is 9.20 Å². The lowest BCUT2D eigenvalue weighted by Gasteiger charge is -2.15. The van der Waals surface area contributed by atoms with E-state index in [-0.39, 0.29) is 11.8 Å². The maximum absolute atomic E-state index is 12.8. The molecule has 0 saturated carbocycles. The molecule has 0 aliphatic heterocycles. The Kier molecular flexibility index (Phi) is 4.77. The van der Waals surface area contributed by atoms with Gasteiger partial charge in [0.1, 0.15) is 0 Å². The number of amides is 1. The van der Waals surface area contributed by atoms with Crippen LogP contribution in [0.15, 0.2) is 66.2 Å². The average molecular weight is 375 g/mol. The van der Waals surface area contributed by atoms with E-state index in [0.717, 1.165) is 33.9 Å². The van der Waals surface area contributed by atoms with Gasteiger partial charge in [-0.25, -0.2) is 4.98 Å². The SMILES string of the molecule is CCC(C(=O)Nc1cccc(-c2cn3c(C)csc3n2)c1)c1ccccc1. The number of carbonyl (C=O) groups is 1. The molecule has 2 aromatic carbocycles. The Labute approximate surface area is 162 Å². The van der Waals surface area contributed by atoms with Crippen molar-refractivity contribution in [2.24, 2.45) is 0 Å². The van der Waals surface area contributed by atoms with E-state index in [2.05, 4.69) is 22.0 Å². The summed E-state index contributed by atoms with van der Waals surface area (Å²) in [6, 6.07) is 17.8. The monoisotopic (exact) mass is 375 g/mol. The number of rotatable bonds is 5. The number of nitrogens with zero attached hydrogens (tertiary/aromatic N) is 2. The number of hydrogen-bond acceptors (Lipinski definition) is 3. The minimum absolute atomic E-state index is 0.0162. The highest BCUT2D eigenvalue weighted by atomic mass is 32.1. The van der Waals surface area contributed by atoms with Crippen molar-refractivity contribution in [2.45, 2.75) is 26.2 Å². The van der Waals surface area contributed by atoms with Crippen molar-refractivity contribution in [1.29, 1.82) is 0 Å². The van der Waals surface area contributed by atoms with Gasteiger partial charge in [-0.15, -0.1) is 11.3 Å². The fourth-order valence-electron chi connectivity index (χ4n) is 3.28. The first kappa shape index (κ1) is 17.5. The van der Waals surface area contributed by atoms with Gasteiger partial charge in [0.15, 0.2) is 4.96 Å². The molecule has 0 radical (unpaired) electrons. The summed E-state index contributed by atoms with van der Waals surface area (Å²) in [4.78, 5) is 18.5. The lowest BCUT2D eigenvalue weighted by molar-refractivity contribution is -0.117. The molecule has 0 spiro atoms. The summed E-state index contributed by atoms with van der Waals surface area (Å²) in [6.45, 7) is 4.11. The number of aromatic nitrogens is 2. The second-order valence-electron chi connectivity index (χ2n) is 6.60. The van der Waals surface area contributed by atoms with Crippen molar-refractivity contribution >= 4 is 27.9 Å². The molecule has 1 unspecified atom stereocenters. The number of thiazole rings is 1. The maximum atomic E-state index is 12.8. The number of imidazole rings is 1. The predicted molar refractivity (Wildman–Crippen MR) is 111 cm³/mol. The van der Waals surface area contributed by atoms with Crippen molar-refractivity contribution in [3.63, 3.8) is 0 Å². The number of nitrogens with one attached hydrogen (secondary N) is 1. The quantitative estimate of drug-likeness (QED) is 0.500. The Morgan fingerprint density at radius 3 is 2.74 bits per heavy atom. The standard InChI is InChI=1S/C22H21N3OS/c1-3-19(16-8-5-4-6-9-16)21(26)23-18-11-7-10-17(12-18)20-13-25-15(2)14-27-22(25)24-20/h4-14,19H,3H2,1-2H3,(H,23,26). The minimum atomic E-state index is -0.157. The number of hydrogen-bond donors (Lipinski definition) is 1. The van der Waals surface area contributed by atoms with Crippen LogP contribution in [-0.4, -0.2) is 15.3 Å². The van der Waals surface area contributed by atoms with Crippen LogP contribution >= 0.6 is 11.3 Å². The minimum Gasteiger partial charge on any atom is -0.326 e. The van der Waals surface area contributed by atoms with Crippen molar-refractivity contribution in [3.8, 4) is 11.3 Å². The van der Waals surface area contributed by atoms with Crippen LogP contribution in [0.4, 0.5) is 5.69 Å². The Bertz CT molecular complexity index is 1080. The summed E-state index contributed by atoms with van der Waals surface area (Å²) in [7, 11) is 0. The Morgan fingerprint density at radius 2 is 2.00 bits per heavy atom. The number of carbonyl (C=O) groups excluding carboxylic acids is 1. The highest BCUT2D eigenvalue weighted by Gasteiger charge is 2.18. The first-order valence-electron chi connectivity index (χ1n) is 9.05. The molecule has 0 fully saturated rings. The van der Waals surface area contributed by atoms with E-state index in [9.17, 15) is 4.79 Å². The van der Waals surface area contributed by atoms with Gasteiger partial charge in [-0.05, 0) is 31.0 Å². The van der Waals surface area contributed by atoms with E-state index < -0.39 is 0 Å². The van der Waals surface area contributed by atoms with E-state index in [0.29, 0.717) is 0 Å². The maximum Gasteiger partial charge on any atom is 0.231 e. The summed E-state index contributed by atoms with van der Waals surface area (Å²) >= 11 is 1.63. The van der Waals surface area contributed by atoms with Gasteiger partial charge >= 0.3 is 0 Å². The van der Waals surface area contributed by atoms with E-state index in [4.69, 9.17) is 4.98 Å². The third kappa shape index (κ3) is 3.51. The predicted octanol–water partition coefficient (Wildman–Crippen LogP) is 5.50. The zero-order valence-corrected chi connectivity index (χ0v) is 16.2. The van der Waals surface area contributed by atoms with Crippen LogP contribution in [0.5, 0.6) is 0 Å². The highest BCUT2D eigenvalue weighted by Crippen LogP contribution is 2.27. The topological polar surface area (TPSA) is 46.4 Å². The van der Waals surface area contributed by atoms with Crippen LogP contribution < -0.4 is 5.32 Å². The van der Waals surface area contributed by atoms with Gasteiger partial charge in [-0.2, -0.15) is 0 Å². The second-order valence-corrected chi connectivity index (χ2v) is 7.43. The van der Waals surface area contributed by atoms with Crippen molar-refractivity contribution < 1.29 is 4.79 Å². The molecule has 4 rings (SSSR count). The first-order valence-corrected chi connectivity index (χ1v) is 9.93. The van der Waals surface area contributed by atoms with E-state index in [1.54, 1.807) is 11.3 Å². The van der Waals surface area contributed by atoms with E-state index in [1.807, 2.05) is 67.7 Å². The summed E-state index contributed by atoms with van der Waals surface area (Å²) in [6.07, 6.45) is 2.80. The molecule has 1 amide bonds. The fraction of sp³-hybridized carbons (Fsp3) is 0.182. The average Bonchev–Trinajstić information content (AvgIpc) is 3.26. The summed E-state index contributed by atoms with van der Waals surface area (Å²) in [5, 5.41) is 5.16. The summed E-state index contributed by atoms with van der Waals surface area (Å²) in [5.41, 5.74) is 4.91. The molecule has 0 aliphatic rings. The number of fused-ring (bicyclic) bond motifs is 1. The van der Waals surface area contributed by atoms with Gasteiger partial charge in [0.2, 0.25) is 5.91 Å². The van der Waals surface area contributed by atoms with Crippen LogP contribution in [0.3, 0.4) is 0 Å². The Hall–Kier alpha value is -2.92. The third-order valence-electron chi connectivity index (χ3n) is 4.74. The zero-order chi connectivity index (χ0) is 18.8. The van der Waals surface area contributed by atoms with Crippen LogP contribution in [-0.2, 0) is 4.79 Å². The fourth-order valence-corrected chi connectivity index (χ4v) is 4.13. The van der Waals surface area contributed by atoms with E-state index >= 15 is 0 Å². The van der Waals surface area contributed by atoms with E-state index in [1.165, 1.54) is 5.69 Å². The van der Waals surface area contributed by atoms with Gasteiger partial charge in [0.05, 0.1) is 11.6 Å². The number of aryl methyl sites for hydroxylation is 1. The molecule has 4 nitrogen and oxygen atoms in total. The lowest BCUT2D eigenvalue weighted by atomic mass is 9.95. The van der Waals surface area contributed by atoms with Crippen molar-refractivity contribution in [3.05, 3.63) is 77.4 Å². The Morgan fingerprint density at radius 1 is 1.19 bits per heavy atom. The molecular formula is C22H21N3OS. The smallest absolute Gasteiger partial charge is 0.231 e. The van der Waals surface area contributed by atoms with Crippen LogP contribution in [0, 0.1) is 6.92 Å². The molecule has 5 heteroatoms. The number of benzene rings is 2. The normalized spacial score (nSPS) is 12.2. The number of anilines is 1. The molecule has 27 heavy (non-hydrogen) atoms. The molecule has 1 N–H and O–H groups in total. The molecular weight excluding hydrogens is 354 g/mol. The molecule has 0 bridgehead atoms. The molecule has 1 atom stereocenters.